The lowest BCUT2D eigenvalue weighted by atomic mass is 9.97. The first kappa shape index (κ1) is 18.2. The van der Waals surface area contributed by atoms with Gasteiger partial charge in [0.05, 0.1) is 6.07 Å². The molecule has 0 aliphatic heterocycles. The van der Waals surface area contributed by atoms with Crippen molar-refractivity contribution in [2.45, 2.75) is 26.2 Å². The van der Waals surface area contributed by atoms with Gasteiger partial charge < -0.3 is 14.5 Å². The van der Waals surface area contributed by atoms with Gasteiger partial charge in [-0.25, -0.2) is 4.79 Å². The van der Waals surface area contributed by atoms with Gasteiger partial charge in [0.1, 0.15) is 4.92 Å². The molecule has 25 heavy (non-hydrogen) atoms. The minimum atomic E-state index is -0.946. The molecule has 2 rings (SSSR count). The number of furan rings is 1. The van der Waals surface area contributed by atoms with Crippen LogP contribution >= 0.6 is 0 Å². The van der Waals surface area contributed by atoms with Gasteiger partial charge in [0.15, 0.2) is 6.61 Å². The van der Waals surface area contributed by atoms with Crippen molar-refractivity contribution < 1.29 is 23.7 Å². The van der Waals surface area contributed by atoms with Gasteiger partial charge in [0.2, 0.25) is 5.76 Å². The maximum absolute atomic E-state index is 12.0. The highest BCUT2D eigenvalue weighted by molar-refractivity contribution is 5.95. The average molecular weight is 346 g/mol. The van der Waals surface area contributed by atoms with Gasteiger partial charge in [0, 0.05) is 5.69 Å². The van der Waals surface area contributed by atoms with E-state index in [1.807, 2.05) is 19.1 Å². The highest BCUT2D eigenvalue weighted by atomic mass is 16.7. The third-order valence-electron chi connectivity index (χ3n) is 3.69. The number of esters is 1. The number of ether oxygens (including phenoxy) is 1. The molecule has 2 aromatic rings. The summed E-state index contributed by atoms with van der Waals surface area (Å²) >= 11 is 0. The second-order valence-electron chi connectivity index (χ2n) is 5.42. The third-order valence-corrected chi connectivity index (χ3v) is 3.69. The van der Waals surface area contributed by atoms with E-state index in [1.165, 1.54) is 0 Å². The lowest BCUT2D eigenvalue weighted by Crippen LogP contribution is -2.21. The Morgan fingerprint density at radius 2 is 2.00 bits per heavy atom. The minimum Gasteiger partial charge on any atom is -0.450 e. The van der Waals surface area contributed by atoms with E-state index in [4.69, 9.17) is 9.15 Å². The molecule has 0 aliphatic rings. The zero-order valence-electron chi connectivity index (χ0n) is 13.9. The number of para-hydroxylation sites is 1. The Hall–Kier alpha value is -3.16. The molecule has 1 atom stereocenters. The minimum absolute atomic E-state index is 0.266. The molecule has 1 amide bonds. The van der Waals surface area contributed by atoms with Crippen LogP contribution in [-0.4, -0.2) is 23.4 Å². The van der Waals surface area contributed by atoms with Crippen LogP contribution in [0.4, 0.5) is 11.6 Å². The Morgan fingerprint density at radius 1 is 1.28 bits per heavy atom. The van der Waals surface area contributed by atoms with E-state index in [9.17, 15) is 19.7 Å². The number of carbonyl (C=O) groups excluding carboxylic acids is 2. The Bertz CT molecular complexity index is 783. The summed E-state index contributed by atoms with van der Waals surface area (Å²) in [4.78, 5) is 33.5. The number of benzene rings is 1. The molecule has 0 aliphatic carbocycles. The standard InChI is InChI=1S/C17H18N2O6/c1-3-11(2)12-6-4-5-7-13(12)18-15(20)10-24-17(21)14-8-9-16(25-14)19(22)23/h4-9,11H,3,10H2,1-2H3,(H,18,20)/t11-/m1/s1. The third kappa shape index (κ3) is 4.66. The number of hydrogen-bond donors (Lipinski definition) is 1. The molecule has 0 fully saturated rings. The lowest BCUT2D eigenvalue weighted by molar-refractivity contribution is -0.402. The van der Waals surface area contributed by atoms with Gasteiger partial charge in [-0.15, -0.1) is 0 Å². The smallest absolute Gasteiger partial charge is 0.433 e. The number of nitro groups is 1. The Balaban J connectivity index is 1.94. The summed E-state index contributed by atoms with van der Waals surface area (Å²) in [6.45, 7) is 3.57. The lowest BCUT2D eigenvalue weighted by Gasteiger charge is -2.15. The molecular formula is C17H18N2O6. The number of rotatable bonds is 7. The topological polar surface area (TPSA) is 112 Å². The van der Waals surface area contributed by atoms with E-state index in [0.29, 0.717) is 5.69 Å². The van der Waals surface area contributed by atoms with Crippen LogP contribution in [0, 0.1) is 10.1 Å². The fraction of sp³-hybridized carbons (Fsp3) is 0.294. The maximum Gasteiger partial charge on any atom is 0.433 e. The zero-order chi connectivity index (χ0) is 18.4. The predicted molar refractivity (Wildman–Crippen MR) is 89.4 cm³/mol. The van der Waals surface area contributed by atoms with E-state index in [0.717, 1.165) is 24.1 Å². The van der Waals surface area contributed by atoms with Crippen LogP contribution in [0.3, 0.4) is 0 Å². The molecule has 0 saturated carbocycles. The Morgan fingerprint density at radius 3 is 2.64 bits per heavy atom. The van der Waals surface area contributed by atoms with Crippen molar-refractivity contribution in [3.63, 3.8) is 0 Å². The molecule has 0 saturated heterocycles. The normalized spacial score (nSPS) is 11.6. The molecule has 0 bridgehead atoms. The second kappa shape index (κ2) is 8.09. The summed E-state index contributed by atoms with van der Waals surface area (Å²) in [6.07, 6.45) is 0.916. The van der Waals surface area contributed by atoms with Crippen molar-refractivity contribution in [3.05, 3.63) is 57.8 Å². The van der Waals surface area contributed by atoms with Gasteiger partial charge in [-0.2, -0.15) is 0 Å². The summed E-state index contributed by atoms with van der Waals surface area (Å²) in [5, 5.41) is 13.2. The number of nitrogens with zero attached hydrogens (tertiary/aromatic N) is 1. The van der Waals surface area contributed by atoms with E-state index in [2.05, 4.69) is 12.2 Å². The van der Waals surface area contributed by atoms with Crippen molar-refractivity contribution in [2.24, 2.45) is 0 Å². The summed E-state index contributed by atoms with van der Waals surface area (Å²) < 4.78 is 9.53. The molecule has 1 aromatic carbocycles. The van der Waals surface area contributed by atoms with Crippen molar-refractivity contribution in [3.8, 4) is 0 Å². The number of amides is 1. The molecule has 0 unspecified atom stereocenters. The second-order valence-corrected chi connectivity index (χ2v) is 5.42. The molecule has 0 radical (unpaired) electrons. The number of hydrogen-bond acceptors (Lipinski definition) is 6. The van der Waals surface area contributed by atoms with E-state index in [-0.39, 0.29) is 11.7 Å². The molecule has 1 N–H and O–H groups in total. The van der Waals surface area contributed by atoms with Gasteiger partial charge >= 0.3 is 11.9 Å². The van der Waals surface area contributed by atoms with Crippen molar-refractivity contribution >= 4 is 23.4 Å². The summed E-state index contributed by atoms with van der Waals surface area (Å²) in [5.74, 6) is -2.09. The number of nitrogens with one attached hydrogen (secondary N) is 1. The van der Waals surface area contributed by atoms with E-state index >= 15 is 0 Å². The fourth-order valence-electron chi connectivity index (χ4n) is 2.18. The van der Waals surface area contributed by atoms with Crippen LogP contribution < -0.4 is 5.32 Å². The highest BCUT2D eigenvalue weighted by Crippen LogP contribution is 2.26. The highest BCUT2D eigenvalue weighted by Gasteiger charge is 2.19. The number of carbonyl (C=O) groups is 2. The maximum atomic E-state index is 12.0. The SMILES string of the molecule is CC[C@@H](C)c1ccccc1NC(=O)COC(=O)c1ccc([N+](=O)[O-])o1. The van der Waals surface area contributed by atoms with Crippen LogP contribution in [0.1, 0.15) is 42.3 Å². The molecule has 132 valence electrons. The van der Waals surface area contributed by atoms with Gasteiger partial charge in [-0.05, 0) is 30.0 Å². The van der Waals surface area contributed by atoms with Gasteiger partial charge in [0.25, 0.3) is 5.91 Å². The van der Waals surface area contributed by atoms with Crippen LogP contribution in [0.2, 0.25) is 0 Å². The molecule has 1 heterocycles. The quantitative estimate of drug-likeness (QED) is 0.466. The Labute approximate surface area is 143 Å². The first-order chi connectivity index (χ1) is 11.9. The average Bonchev–Trinajstić information content (AvgIpc) is 3.10. The van der Waals surface area contributed by atoms with Crippen LogP contribution in [0.15, 0.2) is 40.8 Å². The molecule has 0 spiro atoms. The molecule has 8 nitrogen and oxygen atoms in total. The number of anilines is 1. The van der Waals surface area contributed by atoms with Gasteiger partial charge in [-0.1, -0.05) is 32.0 Å². The fourth-order valence-corrected chi connectivity index (χ4v) is 2.18. The van der Waals surface area contributed by atoms with Crippen LogP contribution in [0.5, 0.6) is 0 Å². The monoisotopic (exact) mass is 346 g/mol. The van der Waals surface area contributed by atoms with E-state index in [1.54, 1.807) is 12.1 Å². The van der Waals surface area contributed by atoms with Crippen LogP contribution in [0.25, 0.3) is 0 Å². The summed E-state index contributed by atoms with van der Waals surface area (Å²) in [5.41, 5.74) is 1.65. The summed E-state index contributed by atoms with van der Waals surface area (Å²) in [6, 6.07) is 9.56. The van der Waals surface area contributed by atoms with E-state index < -0.39 is 29.3 Å². The molecule has 8 heteroatoms. The largest absolute Gasteiger partial charge is 0.450 e. The Kier molecular flexibility index (Phi) is 5.89. The molecule has 1 aromatic heterocycles. The predicted octanol–water partition coefficient (Wildman–Crippen LogP) is 3.50. The summed E-state index contributed by atoms with van der Waals surface area (Å²) in [7, 11) is 0. The van der Waals surface area contributed by atoms with Crippen molar-refractivity contribution in [1.82, 2.24) is 0 Å². The van der Waals surface area contributed by atoms with Gasteiger partial charge in [-0.3, -0.25) is 14.9 Å². The molecular weight excluding hydrogens is 328 g/mol. The zero-order valence-corrected chi connectivity index (χ0v) is 13.9. The first-order valence-corrected chi connectivity index (χ1v) is 7.72. The van der Waals surface area contributed by atoms with Crippen LogP contribution in [-0.2, 0) is 9.53 Å². The van der Waals surface area contributed by atoms with Crippen molar-refractivity contribution in [2.75, 3.05) is 11.9 Å². The van der Waals surface area contributed by atoms with Crippen molar-refractivity contribution in [1.29, 1.82) is 0 Å². The first-order valence-electron chi connectivity index (χ1n) is 7.72.